The number of hydrogen-bond acceptors (Lipinski definition) is 1. The SMILES string of the molecule is Cc1cccc(CCC(=O)NC2CCC(F)(F)CC2)c1. The van der Waals surface area contributed by atoms with Crippen LogP contribution in [0.15, 0.2) is 24.3 Å². The fourth-order valence-corrected chi connectivity index (χ4v) is 2.61. The Balaban J connectivity index is 1.73. The fraction of sp³-hybridized carbons (Fsp3) is 0.562. The van der Waals surface area contributed by atoms with E-state index in [0.717, 1.165) is 5.56 Å². The lowest BCUT2D eigenvalue weighted by Crippen LogP contribution is -2.40. The van der Waals surface area contributed by atoms with Crippen LogP contribution in [0, 0.1) is 6.92 Å². The van der Waals surface area contributed by atoms with E-state index in [1.54, 1.807) is 0 Å². The molecule has 0 aromatic heterocycles. The molecule has 1 fully saturated rings. The number of hydrogen-bond donors (Lipinski definition) is 1. The lowest BCUT2D eigenvalue weighted by atomic mass is 9.92. The second kappa shape index (κ2) is 6.33. The van der Waals surface area contributed by atoms with Crippen LogP contribution < -0.4 is 5.32 Å². The lowest BCUT2D eigenvalue weighted by Gasteiger charge is -2.28. The zero-order chi connectivity index (χ0) is 14.6. The largest absolute Gasteiger partial charge is 0.353 e. The maximum atomic E-state index is 13.0. The minimum atomic E-state index is -2.54. The van der Waals surface area contributed by atoms with Crippen molar-refractivity contribution in [2.45, 2.75) is 57.4 Å². The molecule has 110 valence electrons. The zero-order valence-electron chi connectivity index (χ0n) is 11.8. The van der Waals surface area contributed by atoms with Crippen LogP contribution in [0.2, 0.25) is 0 Å². The van der Waals surface area contributed by atoms with Crippen molar-refractivity contribution in [3.63, 3.8) is 0 Å². The number of carbonyl (C=O) groups is 1. The second-order valence-electron chi connectivity index (χ2n) is 5.69. The third-order valence-electron chi connectivity index (χ3n) is 3.81. The first kappa shape index (κ1) is 14.9. The Morgan fingerprint density at radius 1 is 1.35 bits per heavy atom. The summed E-state index contributed by atoms with van der Waals surface area (Å²) in [6.07, 6.45) is 1.63. The highest BCUT2D eigenvalue weighted by Crippen LogP contribution is 2.32. The van der Waals surface area contributed by atoms with Crippen molar-refractivity contribution < 1.29 is 13.6 Å². The summed E-state index contributed by atoms with van der Waals surface area (Å²) in [6, 6.07) is 7.98. The Bertz CT molecular complexity index is 463. The summed E-state index contributed by atoms with van der Waals surface area (Å²) >= 11 is 0. The summed E-state index contributed by atoms with van der Waals surface area (Å²) < 4.78 is 26.0. The molecule has 1 aromatic carbocycles. The first-order valence-corrected chi connectivity index (χ1v) is 7.17. The molecule has 1 saturated carbocycles. The minimum absolute atomic E-state index is 0.0401. The Hall–Kier alpha value is -1.45. The average Bonchev–Trinajstić information content (AvgIpc) is 2.39. The van der Waals surface area contributed by atoms with Crippen LogP contribution in [0.3, 0.4) is 0 Å². The number of nitrogens with one attached hydrogen (secondary N) is 1. The van der Waals surface area contributed by atoms with Gasteiger partial charge in [0.05, 0.1) is 0 Å². The summed E-state index contributed by atoms with van der Waals surface area (Å²) in [5.74, 6) is -2.58. The zero-order valence-corrected chi connectivity index (χ0v) is 11.8. The number of alkyl halides is 2. The maximum absolute atomic E-state index is 13.0. The van der Waals surface area contributed by atoms with Crippen LogP contribution in [-0.4, -0.2) is 17.9 Å². The van der Waals surface area contributed by atoms with Gasteiger partial charge >= 0.3 is 0 Å². The summed E-state index contributed by atoms with van der Waals surface area (Å²) in [5.41, 5.74) is 2.31. The van der Waals surface area contributed by atoms with Gasteiger partial charge < -0.3 is 5.32 Å². The van der Waals surface area contributed by atoms with E-state index in [-0.39, 0.29) is 24.8 Å². The van der Waals surface area contributed by atoms with Gasteiger partial charge in [-0.3, -0.25) is 4.79 Å². The van der Waals surface area contributed by atoms with Gasteiger partial charge in [-0.1, -0.05) is 29.8 Å². The van der Waals surface area contributed by atoms with E-state index in [4.69, 9.17) is 0 Å². The third-order valence-corrected chi connectivity index (χ3v) is 3.81. The van der Waals surface area contributed by atoms with Crippen molar-refractivity contribution in [2.24, 2.45) is 0 Å². The highest BCUT2D eigenvalue weighted by atomic mass is 19.3. The van der Waals surface area contributed by atoms with Gasteiger partial charge in [-0.05, 0) is 31.7 Å². The minimum Gasteiger partial charge on any atom is -0.353 e. The van der Waals surface area contributed by atoms with Crippen molar-refractivity contribution in [3.8, 4) is 0 Å². The molecule has 1 N–H and O–H groups in total. The van der Waals surface area contributed by atoms with Crippen LogP contribution in [0.4, 0.5) is 8.78 Å². The smallest absolute Gasteiger partial charge is 0.248 e. The highest BCUT2D eigenvalue weighted by molar-refractivity contribution is 5.76. The topological polar surface area (TPSA) is 29.1 Å². The molecule has 0 atom stereocenters. The van der Waals surface area contributed by atoms with Crippen molar-refractivity contribution in [1.29, 1.82) is 0 Å². The molecule has 1 amide bonds. The standard InChI is InChI=1S/C16H21F2NO/c1-12-3-2-4-13(11-12)5-6-15(20)19-14-7-9-16(17,18)10-8-14/h2-4,11,14H,5-10H2,1H3,(H,19,20). The highest BCUT2D eigenvalue weighted by Gasteiger charge is 2.35. The molecular weight excluding hydrogens is 260 g/mol. The van der Waals surface area contributed by atoms with Gasteiger partial charge in [0.25, 0.3) is 0 Å². The first-order valence-electron chi connectivity index (χ1n) is 7.17. The predicted octanol–water partition coefficient (Wildman–Crippen LogP) is 3.62. The van der Waals surface area contributed by atoms with E-state index in [2.05, 4.69) is 11.4 Å². The van der Waals surface area contributed by atoms with Crippen molar-refractivity contribution in [3.05, 3.63) is 35.4 Å². The molecule has 0 aliphatic heterocycles. The number of benzene rings is 1. The second-order valence-corrected chi connectivity index (χ2v) is 5.69. The monoisotopic (exact) mass is 281 g/mol. The van der Waals surface area contributed by atoms with Crippen LogP contribution in [-0.2, 0) is 11.2 Å². The van der Waals surface area contributed by atoms with Crippen LogP contribution >= 0.6 is 0 Å². The maximum Gasteiger partial charge on any atom is 0.248 e. The van der Waals surface area contributed by atoms with E-state index in [9.17, 15) is 13.6 Å². The lowest BCUT2D eigenvalue weighted by molar-refractivity contribution is -0.122. The van der Waals surface area contributed by atoms with Crippen LogP contribution in [0.1, 0.15) is 43.2 Å². The van der Waals surface area contributed by atoms with Gasteiger partial charge in [0.15, 0.2) is 0 Å². The molecular formula is C16H21F2NO. The van der Waals surface area contributed by atoms with Gasteiger partial charge in [0, 0.05) is 25.3 Å². The van der Waals surface area contributed by atoms with Crippen molar-refractivity contribution in [2.75, 3.05) is 0 Å². The molecule has 0 radical (unpaired) electrons. The van der Waals surface area contributed by atoms with Crippen molar-refractivity contribution >= 4 is 5.91 Å². The summed E-state index contributed by atoms with van der Waals surface area (Å²) in [7, 11) is 0. The van der Waals surface area contributed by atoms with Gasteiger partial charge in [-0.15, -0.1) is 0 Å². The predicted molar refractivity (Wildman–Crippen MR) is 74.8 cm³/mol. The summed E-state index contributed by atoms with van der Waals surface area (Å²) in [6.45, 7) is 2.02. The van der Waals surface area contributed by atoms with Crippen LogP contribution in [0.5, 0.6) is 0 Å². The Morgan fingerprint density at radius 2 is 2.05 bits per heavy atom. The molecule has 0 unspecified atom stereocenters. The number of aryl methyl sites for hydroxylation is 2. The molecule has 1 aliphatic carbocycles. The number of amides is 1. The van der Waals surface area contributed by atoms with E-state index in [1.165, 1.54) is 5.56 Å². The summed E-state index contributed by atoms with van der Waals surface area (Å²) in [4.78, 5) is 11.8. The van der Waals surface area contributed by atoms with E-state index in [1.807, 2.05) is 25.1 Å². The number of halogens is 2. The van der Waals surface area contributed by atoms with E-state index < -0.39 is 5.92 Å². The van der Waals surface area contributed by atoms with Gasteiger partial charge in [0.2, 0.25) is 11.8 Å². The molecule has 1 aliphatic rings. The van der Waals surface area contributed by atoms with Crippen LogP contribution in [0.25, 0.3) is 0 Å². The Kier molecular flexibility index (Phi) is 4.73. The van der Waals surface area contributed by atoms with Gasteiger partial charge in [-0.25, -0.2) is 8.78 Å². The molecule has 0 bridgehead atoms. The fourth-order valence-electron chi connectivity index (χ4n) is 2.61. The normalized spacial score (nSPS) is 18.8. The third kappa shape index (κ3) is 4.58. The quantitative estimate of drug-likeness (QED) is 0.897. The van der Waals surface area contributed by atoms with Gasteiger partial charge in [0.1, 0.15) is 0 Å². The molecule has 0 spiro atoms. The number of carbonyl (C=O) groups excluding carboxylic acids is 1. The molecule has 2 rings (SSSR count). The van der Waals surface area contributed by atoms with Gasteiger partial charge in [-0.2, -0.15) is 0 Å². The van der Waals surface area contributed by atoms with E-state index in [0.29, 0.717) is 25.7 Å². The van der Waals surface area contributed by atoms with Crippen molar-refractivity contribution in [1.82, 2.24) is 5.32 Å². The Labute approximate surface area is 118 Å². The first-order chi connectivity index (χ1) is 9.44. The summed E-state index contributed by atoms with van der Waals surface area (Å²) in [5, 5.41) is 2.87. The molecule has 20 heavy (non-hydrogen) atoms. The number of rotatable bonds is 4. The molecule has 1 aromatic rings. The Morgan fingerprint density at radius 3 is 2.70 bits per heavy atom. The molecule has 2 nitrogen and oxygen atoms in total. The molecule has 0 saturated heterocycles. The average molecular weight is 281 g/mol. The molecule has 4 heteroatoms. The molecule has 0 heterocycles. The van der Waals surface area contributed by atoms with E-state index >= 15 is 0 Å².